The van der Waals surface area contributed by atoms with Crippen LogP contribution in [0.1, 0.15) is 53.9 Å². The van der Waals surface area contributed by atoms with E-state index >= 15 is 0 Å². The monoisotopic (exact) mass is 482 g/mol. The molecule has 9 heteroatoms. The summed E-state index contributed by atoms with van der Waals surface area (Å²) in [5.41, 5.74) is 2.00. The smallest absolute Gasteiger partial charge is 0.416 e. The molecule has 0 spiro atoms. The maximum absolute atomic E-state index is 13.0. The Balaban J connectivity index is 1.65. The fourth-order valence-corrected chi connectivity index (χ4v) is 4.35. The number of rotatable bonds is 4. The third-order valence-electron chi connectivity index (χ3n) is 6.18. The van der Waals surface area contributed by atoms with Crippen molar-refractivity contribution in [2.24, 2.45) is 0 Å². The Labute approximate surface area is 201 Å². The lowest BCUT2D eigenvalue weighted by Gasteiger charge is -2.40. The van der Waals surface area contributed by atoms with Gasteiger partial charge in [0.2, 0.25) is 0 Å². The van der Waals surface area contributed by atoms with Crippen LogP contribution in [-0.2, 0) is 6.18 Å². The quantitative estimate of drug-likeness (QED) is 0.477. The number of pyridine rings is 1. The number of alkyl halides is 3. The Morgan fingerprint density at radius 2 is 1.91 bits per heavy atom. The van der Waals surface area contributed by atoms with Crippen molar-refractivity contribution in [3.63, 3.8) is 0 Å². The number of hydrogen-bond donors (Lipinski definition) is 0. The summed E-state index contributed by atoms with van der Waals surface area (Å²) in [6.07, 6.45) is -1.54. The van der Waals surface area contributed by atoms with Crippen molar-refractivity contribution in [2.45, 2.75) is 38.9 Å². The molecule has 1 atom stereocenters. The van der Waals surface area contributed by atoms with Crippen LogP contribution < -0.4 is 4.90 Å². The number of carbonyl (C=O) groups excluding carboxylic acids is 1. The first kappa shape index (κ1) is 24.3. The number of amides is 1. The zero-order valence-corrected chi connectivity index (χ0v) is 19.6. The van der Waals surface area contributed by atoms with Gasteiger partial charge in [-0.1, -0.05) is 26.0 Å². The van der Waals surface area contributed by atoms with E-state index in [0.717, 1.165) is 12.1 Å². The number of nitrogens with zero attached hydrogens (tertiary/aromatic N) is 4. The van der Waals surface area contributed by atoms with E-state index in [9.17, 15) is 23.2 Å². The topological polar surface area (TPSA) is 73.4 Å². The minimum absolute atomic E-state index is 0.0276. The fourth-order valence-electron chi connectivity index (χ4n) is 4.35. The predicted octanol–water partition coefficient (Wildman–Crippen LogP) is 5.71. The normalized spacial score (nSPS) is 16.5. The van der Waals surface area contributed by atoms with E-state index in [1.807, 2.05) is 25.7 Å². The van der Waals surface area contributed by atoms with Crippen LogP contribution in [0.2, 0.25) is 0 Å². The second kappa shape index (κ2) is 9.45. The highest BCUT2D eigenvalue weighted by molar-refractivity contribution is 5.94. The third-order valence-corrected chi connectivity index (χ3v) is 6.18. The average molecular weight is 483 g/mol. The molecule has 0 aliphatic carbocycles. The van der Waals surface area contributed by atoms with Crippen LogP contribution in [0, 0.1) is 11.3 Å². The Morgan fingerprint density at radius 1 is 1.20 bits per heavy atom. The van der Waals surface area contributed by atoms with Gasteiger partial charge in [0.1, 0.15) is 18.2 Å². The highest BCUT2D eigenvalue weighted by Crippen LogP contribution is 2.35. The molecule has 2 aromatic heterocycles. The van der Waals surface area contributed by atoms with Gasteiger partial charge in [-0.2, -0.15) is 18.4 Å². The summed E-state index contributed by atoms with van der Waals surface area (Å²) in [5, 5.41) is 9.89. The summed E-state index contributed by atoms with van der Waals surface area (Å²) in [6, 6.07) is 10.3. The molecule has 0 saturated carbocycles. The van der Waals surface area contributed by atoms with E-state index in [2.05, 4.69) is 6.07 Å². The number of aromatic nitrogens is 1. The molecule has 3 aromatic rings. The van der Waals surface area contributed by atoms with Crippen LogP contribution in [0.4, 0.5) is 19.0 Å². The number of carbonyl (C=O) groups is 1. The van der Waals surface area contributed by atoms with Crippen molar-refractivity contribution in [3.8, 4) is 17.2 Å². The van der Waals surface area contributed by atoms with Crippen molar-refractivity contribution in [3.05, 3.63) is 71.3 Å². The molecule has 0 bridgehead atoms. The summed E-state index contributed by atoms with van der Waals surface area (Å²) in [6.45, 7) is 7.28. The predicted molar refractivity (Wildman–Crippen MR) is 125 cm³/mol. The molecule has 1 saturated heterocycles. The molecule has 182 valence electrons. The van der Waals surface area contributed by atoms with E-state index in [1.54, 1.807) is 17.0 Å². The maximum Gasteiger partial charge on any atom is 0.416 e. The molecule has 0 radical (unpaired) electrons. The highest BCUT2D eigenvalue weighted by atomic mass is 19.4. The van der Waals surface area contributed by atoms with Gasteiger partial charge in [-0.05, 0) is 42.7 Å². The first-order chi connectivity index (χ1) is 16.6. The van der Waals surface area contributed by atoms with Gasteiger partial charge in [0, 0.05) is 31.2 Å². The molecule has 3 heterocycles. The maximum atomic E-state index is 13.0. The number of furan rings is 1. The lowest BCUT2D eigenvalue weighted by Crippen LogP contribution is -2.54. The zero-order valence-electron chi connectivity index (χ0n) is 19.6. The van der Waals surface area contributed by atoms with Crippen molar-refractivity contribution < 1.29 is 22.4 Å². The van der Waals surface area contributed by atoms with Gasteiger partial charge in [-0.25, -0.2) is 4.98 Å². The summed E-state index contributed by atoms with van der Waals surface area (Å²) >= 11 is 0. The highest BCUT2D eigenvalue weighted by Gasteiger charge is 2.32. The van der Waals surface area contributed by atoms with Gasteiger partial charge >= 0.3 is 6.18 Å². The van der Waals surface area contributed by atoms with Crippen molar-refractivity contribution >= 4 is 11.7 Å². The molecule has 1 fully saturated rings. The first-order valence-electron chi connectivity index (χ1n) is 11.3. The van der Waals surface area contributed by atoms with Gasteiger partial charge in [0.25, 0.3) is 5.91 Å². The summed E-state index contributed by atoms with van der Waals surface area (Å²) < 4.78 is 44.0. The van der Waals surface area contributed by atoms with Gasteiger partial charge < -0.3 is 14.2 Å². The SMILES string of the molecule is CC(C)c1nc(N2CCN(C(=O)c3ccoc3)C(C)C2)c(C#N)cc1-c1ccc(C(F)(F)F)cc1. The molecule has 1 aromatic carbocycles. The minimum Gasteiger partial charge on any atom is -0.472 e. The molecule has 1 unspecified atom stereocenters. The lowest BCUT2D eigenvalue weighted by atomic mass is 9.95. The number of hydrogen-bond acceptors (Lipinski definition) is 5. The number of nitriles is 1. The molecule has 4 rings (SSSR count). The molecule has 6 nitrogen and oxygen atoms in total. The Morgan fingerprint density at radius 3 is 2.46 bits per heavy atom. The van der Waals surface area contributed by atoms with Gasteiger partial charge in [0.15, 0.2) is 0 Å². The third kappa shape index (κ3) is 4.87. The van der Waals surface area contributed by atoms with Gasteiger partial charge in [-0.3, -0.25) is 4.79 Å². The Hall–Kier alpha value is -3.80. The second-order valence-electron chi connectivity index (χ2n) is 8.94. The molecule has 35 heavy (non-hydrogen) atoms. The van der Waals surface area contributed by atoms with Crippen molar-refractivity contribution in [1.29, 1.82) is 5.26 Å². The van der Waals surface area contributed by atoms with Crippen molar-refractivity contribution in [2.75, 3.05) is 24.5 Å². The molecule has 0 N–H and O–H groups in total. The fraction of sp³-hybridized carbons (Fsp3) is 0.346. The molecular weight excluding hydrogens is 457 g/mol. The summed E-state index contributed by atoms with van der Waals surface area (Å²) in [5.74, 6) is 0.383. The van der Waals surface area contributed by atoms with E-state index in [1.165, 1.54) is 24.7 Å². The average Bonchev–Trinajstić information content (AvgIpc) is 3.37. The van der Waals surface area contributed by atoms with Crippen LogP contribution in [0.5, 0.6) is 0 Å². The molecule has 1 aliphatic rings. The lowest BCUT2D eigenvalue weighted by molar-refractivity contribution is -0.137. The van der Waals surface area contributed by atoms with Crippen LogP contribution in [0.15, 0.2) is 53.3 Å². The van der Waals surface area contributed by atoms with Crippen LogP contribution >= 0.6 is 0 Å². The van der Waals surface area contributed by atoms with E-state index in [-0.39, 0.29) is 17.9 Å². The largest absolute Gasteiger partial charge is 0.472 e. The number of anilines is 1. The second-order valence-corrected chi connectivity index (χ2v) is 8.94. The summed E-state index contributed by atoms with van der Waals surface area (Å²) in [4.78, 5) is 21.4. The molecule has 1 amide bonds. The number of piperazine rings is 1. The van der Waals surface area contributed by atoms with E-state index < -0.39 is 11.7 Å². The zero-order chi connectivity index (χ0) is 25.3. The van der Waals surface area contributed by atoms with E-state index in [0.29, 0.717) is 53.4 Å². The van der Waals surface area contributed by atoms with Gasteiger partial charge in [0.05, 0.1) is 28.6 Å². The van der Waals surface area contributed by atoms with Crippen molar-refractivity contribution in [1.82, 2.24) is 9.88 Å². The first-order valence-corrected chi connectivity index (χ1v) is 11.3. The van der Waals surface area contributed by atoms with Crippen LogP contribution in [-0.4, -0.2) is 41.5 Å². The van der Waals surface area contributed by atoms with Gasteiger partial charge in [-0.15, -0.1) is 0 Å². The Kier molecular flexibility index (Phi) is 6.57. The molecular formula is C26H25F3N4O2. The minimum atomic E-state index is -4.42. The standard InChI is InChI=1S/C26H25F3N4O2/c1-16(2)23-22(18-4-6-21(7-5-18)26(27,28)29)12-20(13-30)24(31-23)32-9-10-33(17(3)14-32)25(34)19-8-11-35-15-19/h4-8,11-12,15-17H,9-10,14H2,1-3H3. The van der Waals surface area contributed by atoms with E-state index in [4.69, 9.17) is 9.40 Å². The van der Waals surface area contributed by atoms with Crippen LogP contribution in [0.25, 0.3) is 11.1 Å². The number of halogens is 3. The molecule has 1 aliphatic heterocycles. The Bertz CT molecular complexity index is 1250. The summed E-state index contributed by atoms with van der Waals surface area (Å²) in [7, 11) is 0. The number of benzene rings is 1. The van der Waals surface area contributed by atoms with Crippen LogP contribution in [0.3, 0.4) is 0 Å².